The topological polar surface area (TPSA) is 15.3 Å². The zero-order chi connectivity index (χ0) is 12.0. The first kappa shape index (κ1) is 14.0. The fraction of sp³-hybridized carbons (Fsp3) is 1.00. The highest BCUT2D eigenvalue weighted by Crippen LogP contribution is 2.19. The lowest BCUT2D eigenvalue weighted by Crippen LogP contribution is -2.50. The van der Waals surface area contributed by atoms with Gasteiger partial charge in [0.1, 0.15) is 0 Å². The number of unbranched alkanes of at least 4 members (excludes halogenated alkanes) is 1. The summed E-state index contributed by atoms with van der Waals surface area (Å²) in [7, 11) is 0. The van der Waals surface area contributed by atoms with E-state index in [0.717, 1.165) is 6.04 Å². The lowest BCUT2D eigenvalue weighted by molar-refractivity contribution is 0.160. The molecule has 0 aromatic carbocycles. The van der Waals surface area contributed by atoms with Crippen molar-refractivity contribution >= 4 is 0 Å². The van der Waals surface area contributed by atoms with Crippen molar-refractivity contribution in [2.75, 3.05) is 19.6 Å². The van der Waals surface area contributed by atoms with Gasteiger partial charge in [0.2, 0.25) is 0 Å². The van der Waals surface area contributed by atoms with Crippen LogP contribution in [-0.2, 0) is 0 Å². The van der Waals surface area contributed by atoms with Crippen molar-refractivity contribution in [2.24, 2.45) is 0 Å². The molecule has 1 saturated heterocycles. The summed E-state index contributed by atoms with van der Waals surface area (Å²) in [6, 6.07) is 0.755. The molecule has 2 nitrogen and oxygen atoms in total. The van der Waals surface area contributed by atoms with E-state index < -0.39 is 0 Å². The van der Waals surface area contributed by atoms with Crippen molar-refractivity contribution in [3.8, 4) is 0 Å². The third kappa shape index (κ3) is 4.06. The van der Waals surface area contributed by atoms with E-state index in [1.807, 2.05) is 0 Å². The Kier molecular flexibility index (Phi) is 5.77. The fourth-order valence-electron chi connectivity index (χ4n) is 2.55. The quantitative estimate of drug-likeness (QED) is 0.775. The maximum Gasteiger partial charge on any atom is 0.0277 e. The van der Waals surface area contributed by atoms with Gasteiger partial charge in [-0.2, -0.15) is 0 Å². The van der Waals surface area contributed by atoms with Gasteiger partial charge in [-0.1, -0.05) is 26.7 Å². The van der Waals surface area contributed by atoms with Crippen molar-refractivity contribution < 1.29 is 0 Å². The van der Waals surface area contributed by atoms with E-state index >= 15 is 0 Å². The molecule has 0 aromatic rings. The summed E-state index contributed by atoms with van der Waals surface area (Å²) in [4.78, 5) is 2.69. The van der Waals surface area contributed by atoms with E-state index in [2.05, 4.69) is 37.9 Å². The molecule has 1 N–H and O–H groups in total. The molecule has 0 aliphatic carbocycles. The van der Waals surface area contributed by atoms with Gasteiger partial charge in [0, 0.05) is 18.1 Å². The lowest BCUT2D eigenvalue weighted by atomic mass is 9.97. The lowest BCUT2D eigenvalue weighted by Gasteiger charge is -2.36. The normalized spacial score (nSPS) is 30.0. The van der Waals surface area contributed by atoms with Gasteiger partial charge >= 0.3 is 0 Å². The van der Waals surface area contributed by atoms with Gasteiger partial charge < -0.3 is 5.32 Å². The molecule has 1 aliphatic rings. The Morgan fingerprint density at radius 3 is 2.75 bits per heavy atom. The summed E-state index contributed by atoms with van der Waals surface area (Å²) in [6.07, 6.45) is 6.57. The average Bonchev–Trinajstić information content (AvgIpc) is 2.49. The minimum Gasteiger partial charge on any atom is -0.310 e. The predicted octanol–water partition coefficient (Wildman–Crippen LogP) is 3.03. The summed E-state index contributed by atoms with van der Waals surface area (Å²) >= 11 is 0. The van der Waals surface area contributed by atoms with Crippen molar-refractivity contribution in [2.45, 2.75) is 71.4 Å². The Morgan fingerprint density at radius 2 is 2.12 bits per heavy atom. The standard InChI is InChI=1S/C14H30N2/c1-5-7-9-13(3)16-11-8-10-15-14(4,6-2)12-16/h13,15H,5-12H2,1-4H3. The third-order valence-corrected chi connectivity index (χ3v) is 4.11. The molecular formula is C14H30N2. The first-order chi connectivity index (χ1) is 7.61. The van der Waals surface area contributed by atoms with Gasteiger partial charge in [-0.15, -0.1) is 0 Å². The smallest absolute Gasteiger partial charge is 0.0277 e. The zero-order valence-corrected chi connectivity index (χ0v) is 11.7. The van der Waals surface area contributed by atoms with E-state index in [9.17, 15) is 0 Å². The summed E-state index contributed by atoms with van der Waals surface area (Å²) in [5.41, 5.74) is 0.330. The zero-order valence-electron chi connectivity index (χ0n) is 11.7. The van der Waals surface area contributed by atoms with E-state index in [1.165, 1.54) is 51.7 Å². The second-order valence-corrected chi connectivity index (χ2v) is 5.66. The van der Waals surface area contributed by atoms with Crippen LogP contribution in [0.15, 0.2) is 0 Å². The summed E-state index contributed by atoms with van der Waals surface area (Å²) < 4.78 is 0. The maximum absolute atomic E-state index is 3.71. The molecule has 0 spiro atoms. The molecule has 0 saturated carbocycles. The summed E-state index contributed by atoms with van der Waals surface area (Å²) in [5.74, 6) is 0. The highest BCUT2D eigenvalue weighted by molar-refractivity contribution is 4.89. The molecule has 0 radical (unpaired) electrons. The van der Waals surface area contributed by atoms with Gasteiger partial charge in [0.15, 0.2) is 0 Å². The Bertz CT molecular complexity index is 193. The molecule has 0 amide bonds. The van der Waals surface area contributed by atoms with Crippen LogP contribution in [0.5, 0.6) is 0 Å². The van der Waals surface area contributed by atoms with Crippen LogP contribution in [0.4, 0.5) is 0 Å². The third-order valence-electron chi connectivity index (χ3n) is 4.11. The number of hydrogen-bond donors (Lipinski definition) is 1. The fourth-order valence-corrected chi connectivity index (χ4v) is 2.55. The number of hydrogen-bond acceptors (Lipinski definition) is 2. The Balaban J connectivity index is 2.50. The molecular weight excluding hydrogens is 196 g/mol. The van der Waals surface area contributed by atoms with Gasteiger partial charge in [-0.3, -0.25) is 4.90 Å². The molecule has 1 heterocycles. The summed E-state index contributed by atoms with van der Waals surface area (Å²) in [5, 5.41) is 3.71. The largest absolute Gasteiger partial charge is 0.310 e. The van der Waals surface area contributed by atoms with Crippen LogP contribution in [0.2, 0.25) is 0 Å². The Hall–Kier alpha value is -0.0800. The second kappa shape index (κ2) is 6.61. The molecule has 0 bridgehead atoms. The van der Waals surface area contributed by atoms with E-state index in [0.29, 0.717) is 5.54 Å². The van der Waals surface area contributed by atoms with Crippen LogP contribution in [0.1, 0.15) is 59.8 Å². The van der Waals surface area contributed by atoms with Gasteiger partial charge in [-0.05, 0) is 46.2 Å². The molecule has 1 fully saturated rings. The molecule has 96 valence electrons. The molecule has 2 unspecified atom stereocenters. The maximum atomic E-state index is 3.71. The van der Waals surface area contributed by atoms with E-state index in [1.54, 1.807) is 0 Å². The Morgan fingerprint density at radius 1 is 1.38 bits per heavy atom. The van der Waals surface area contributed by atoms with Crippen LogP contribution in [0.3, 0.4) is 0 Å². The van der Waals surface area contributed by atoms with Crippen molar-refractivity contribution in [3.05, 3.63) is 0 Å². The molecule has 16 heavy (non-hydrogen) atoms. The van der Waals surface area contributed by atoms with Crippen molar-refractivity contribution in [3.63, 3.8) is 0 Å². The number of nitrogens with one attached hydrogen (secondary N) is 1. The molecule has 1 aliphatic heterocycles. The van der Waals surface area contributed by atoms with Crippen molar-refractivity contribution in [1.29, 1.82) is 0 Å². The molecule has 0 aromatic heterocycles. The first-order valence-electron chi connectivity index (χ1n) is 7.10. The van der Waals surface area contributed by atoms with Gasteiger partial charge in [0.05, 0.1) is 0 Å². The Labute approximate surface area is 102 Å². The highest BCUT2D eigenvalue weighted by Gasteiger charge is 2.28. The number of rotatable bonds is 5. The summed E-state index contributed by atoms with van der Waals surface area (Å²) in [6.45, 7) is 13.0. The van der Waals surface area contributed by atoms with Gasteiger partial charge in [0.25, 0.3) is 0 Å². The van der Waals surface area contributed by atoms with Crippen molar-refractivity contribution in [1.82, 2.24) is 10.2 Å². The van der Waals surface area contributed by atoms with E-state index in [4.69, 9.17) is 0 Å². The molecule has 2 atom stereocenters. The van der Waals surface area contributed by atoms with E-state index in [-0.39, 0.29) is 0 Å². The van der Waals surface area contributed by atoms with Crippen LogP contribution < -0.4 is 5.32 Å². The second-order valence-electron chi connectivity index (χ2n) is 5.66. The highest BCUT2D eigenvalue weighted by atomic mass is 15.2. The average molecular weight is 226 g/mol. The minimum atomic E-state index is 0.330. The predicted molar refractivity (Wildman–Crippen MR) is 71.9 cm³/mol. The first-order valence-corrected chi connectivity index (χ1v) is 7.10. The minimum absolute atomic E-state index is 0.330. The monoisotopic (exact) mass is 226 g/mol. The molecule has 1 rings (SSSR count). The number of nitrogens with zero attached hydrogens (tertiary/aromatic N) is 1. The van der Waals surface area contributed by atoms with Crippen LogP contribution in [0, 0.1) is 0 Å². The van der Waals surface area contributed by atoms with Gasteiger partial charge in [-0.25, -0.2) is 0 Å². The SMILES string of the molecule is CCCCC(C)N1CCCNC(C)(CC)C1. The van der Waals surface area contributed by atoms with Crippen LogP contribution >= 0.6 is 0 Å². The molecule has 2 heteroatoms. The van der Waals surface area contributed by atoms with Crippen LogP contribution in [0.25, 0.3) is 0 Å². The van der Waals surface area contributed by atoms with Crippen LogP contribution in [-0.4, -0.2) is 36.1 Å².